The second-order valence-corrected chi connectivity index (χ2v) is 6.35. The van der Waals surface area contributed by atoms with Crippen molar-refractivity contribution in [3.63, 3.8) is 0 Å². The molecule has 0 aromatic heterocycles. The van der Waals surface area contributed by atoms with Crippen LogP contribution < -0.4 is 4.90 Å². The molecule has 0 aliphatic carbocycles. The molecule has 2 fully saturated rings. The molecule has 0 unspecified atom stereocenters. The molecule has 0 bridgehead atoms. The molecule has 0 saturated carbocycles. The van der Waals surface area contributed by atoms with Crippen LogP contribution in [0.25, 0.3) is 6.08 Å². The highest BCUT2D eigenvalue weighted by Gasteiger charge is 2.36. The first-order chi connectivity index (χ1) is 11.5. The summed E-state index contributed by atoms with van der Waals surface area (Å²) < 4.78 is 5.32. The predicted molar refractivity (Wildman–Crippen MR) is 89.8 cm³/mol. The van der Waals surface area contributed by atoms with E-state index in [-0.39, 0.29) is 4.91 Å². The van der Waals surface area contributed by atoms with Gasteiger partial charge in [-0.2, -0.15) is 0 Å². The Bertz CT molecular complexity index is 695. The van der Waals surface area contributed by atoms with Gasteiger partial charge in [-0.15, -0.1) is 0 Å². The molecule has 1 aromatic rings. The Morgan fingerprint density at radius 1 is 1.21 bits per heavy atom. The molecule has 8 heteroatoms. The normalized spacial score (nSPS) is 20.1. The first kappa shape index (κ1) is 16.5. The summed E-state index contributed by atoms with van der Waals surface area (Å²) in [5.41, 5.74) is 1.86. The fourth-order valence-corrected chi connectivity index (χ4v) is 3.36. The minimum Gasteiger partial charge on any atom is -0.480 e. The molecule has 2 heterocycles. The van der Waals surface area contributed by atoms with E-state index in [0.717, 1.165) is 41.0 Å². The molecule has 2 aliphatic rings. The summed E-state index contributed by atoms with van der Waals surface area (Å²) in [5.74, 6) is -1.78. The molecule has 0 radical (unpaired) electrons. The summed E-state index contributed by atoms with van der Waals surface area (Å²) in [6.07, 6.45) is 1.61. The Kier molecular flexibility index (Phi) is 4.86. The van der Waals surface area contributed by atoms with Gasteiger partial charge in [0, 0.05) is 18.8 Å². The molecule has 3 rings (SSSR count). The molecule has 0 atom stereocenters. The van der Waals surface area contributed by atoms with Gasteiger partial charge in [-0.3, -0.25) is 19.3 Å². The second kappa shape index (κ2) is 7.06. The third kappa shape index (κ3) is 3.60. The molecule has 0 spiro atoms. The lowest BCUT2D eigenvalue weighted by molar-refractivity contribution is -0.140. The highest BCUT2D eigenvalue weighted by atomic mass is 32.2. The van der Waals surface area contributed by atoms with Crippen LogP contribution in [-0.4, -0.2) is 60.0 Å². The fraction of sp³-hybridized carbons (Fsp3) is 0.312. The van der Waals surface area contributed by atoms with Crippen LogP contribution in [0.4, 0.5) is 10.5 Å². The van der Waals surface area contributed by atoms with Gasteiger partial charge in [0.05, 0.1) is 18.1 Å². The SMILES string of the molecule is O=C(O)CN1C(=O)S/C(=C/c2ccc(N3CCOCC3)cc2)C1=O. The van der Waals surface area contributed by atoms with Gasteiger partial charge < -0.3 is 14.7 Å². The van der Waals surface area contributed by atoms with E-state index < -0.39 is 23.7 Å². The highest BCUT2D eigenvalue weighted by Crippen LogP contribution is 2.32. The number of carbonyl (C=O) groups excluding carboxylic acids is 2. The Labute approximate surface area is 142 Å². The van der Waals surface area contributed by atoms with E-state index in [0.29, 0.717) is 13.2 Å². The van der Waals surface area contributed by atoms with Gasteiger partial charge in [-0.05, 0) is 35.5 Å². The van der Waals surface area contributed by atoms with Gasteiger partial charge >= 0.3 is 5.97 Å². The van der Waals surface area contributed by atoms with Crippen LogP contribution in [0.3, 0.4) is 0 Å². The molecular formula is C16H16N2O5S. The number of hydrogen-bond donors (Lipinski definition) is 1. The number of carboxylic acids is 1. The van der Waals surface area contributed by atoms with E-state index in [1.54, 1.807) is 6.08 Å². The Morgan fingerprint density at radius 2 is 1.88 bits per heavy atom. The monoisotopic (exact) mass is 348 g/mol. The fourth-order valence-electron chi connectivity index (χ4n) is 2.53. The maximum atomic E-state index is 12.1. The van der Waals surface area contributed by atoms with Crippen LogP contribution in [0.5, 0.6) is 0 Å². The Hall–Kier alpha value is -2.32. The Balaban J connectivity index is 1.73. The lowest BCUT2D eigenvalue weighted by atomic mass is 10.1. The van der Waals surface area contributed by atoms with E-state index in [2.05, 4.69) is 4.90 Å². The first-order valence-electron chi connectivity index (χ1n) is 7.44. The van der Waals surface area contributed by atoms with E-state index in [1.807, 2.05) is 24.3 Å². The molecule has 2 amide bonds. The van der Waals surface area contributed by atoms with Crippen molar-refractivity contribution in [1.29, 1.82) is 0 Å². The summed E-state index contributed by atoms with van der Waals surface area (Å²) in [4.78, 5) is 37.7. The number of aliphatic carboxylic acids is 1. The maximum absolute atomic E-state index is 12.1. The molecule has 7 nitrogen and oxygen atoms in total. The number of carboxylic acid groups (broad SMARTS) is 1. The number of rotatable bonds is 4. The molecular weight excluding hydrogens is 332 g/mol. The number of thioether (sulfide) groups is 1. The van der Waals surface area contributed by atoms with Crippen LogP contribution in [0.1, 0.15) is 5.56 Å². The minimum absolute atomic E-state index is 0.236. The number of imide groups is 1. The number of nitrogens with zero attached hydrogens (tertiary/aromatic N) is 2. The summed E-state index contributed by atoms with van der Waals surface area (Å²) in [5, 5.41) is 8.19. The minimum atomic E-state index is -1.21. The van der Waals surface area contributed by atoms with E-state index in [9.17, 15) is 14.4 Å². The number of carbonyl (C=O) groups is 3. The van der Waals surface area contributed by atoms with E-state index in [1.165, 1.54) is 0 Å². The predicted octanol–water partition coefficient (Wildman–Crippen LogP) is 1.64. The number of ether oxygens (including phenoxy) is 1. The van der Waals surface area contributed by atoms with Crippen molar-refractivity contribution in [1.82, 2.24) is 4.90 Å². The van der Waals surface area contributed by atoms with E-state index in [4.69, 9.17) is 9.84 Å². The number of hydrogen-bond acceptors (Lipinski definition) is 6. The van der Waals surface area contributed by atoms with Crippen molar-refractivity contribution in [2.75, 3.05) is 37.7 Å². The number of morpholine rings is 1. The average Bonchev–Trinajstić information content (AvgIpc) is 2.83. The largest absolute Gasteiger partial charge is 0.480 e. The number of amides is 2. The summed E-state index contributed by atoms with van der Waals surface area (Å²) in [6.45, 7) is 2.48. The van der Waals surface area contributed by atoms with E-state index >= 15 is 0 Å². The zero-order valence-electron chi connectivity index (χ0n) is 12.8. The van der Waals surface area contributed by atoms with Crippen molar-refractivity contribution in [3.05, 3.63) is 34.7 Å². The van der Waals surface area contributed by atoms with Crippen LogP contribution in [0, 0.1) is 0 Å². The third-order valence-corrected chi connectivity index (χ3v) is 4.64. The lowest BCUT2D eigenvalue weighted by Gasteiger charge is -2.28. The van der Waals surface area contributed by atoms with Gasteiger partial charge in [-0.1, -0.05) is 12.1 Å². The van der Waals surface area contributed by atoms with Crippen molar-refractivity contribution in [2.45, 2.75) is 0 Å². The van der Waals surface area contributed by atoms with Crippen LogP contribution >= 0.6 is 11.8 Å². The molecule has 2 saturated heterocycles. The van der Waals surface area contributed by atoms with Crippen LogP contribution in [0.2, 0.25) is 0 Å². The lowest BCUT2D eigenvalue weighted by Crippen LogP contribution is -2.36. The quantitative estimate of drug-likeness (QED) is 0.828. The van der Waals surface area contributed by atoms with Gasteiger partial charge in [0.1, 0.15) is 6.54 Å². The average molecular weight is 348 g/mol. The number of benzene rings is 1. The van der Waals surface area contributed by atoms with Crippen LogP contribution in [-0.2, 0) is 14.3 Å². The topological polar surface area (TPSA) is 87.2 Å². The smallest absolute Gasteiger partial charge is 0.323 e. The van der Waals surface area contributed by atoms with Gasteiger partial charge in [0.25, 0.3) is 11.1 Å². The van der Waals surface area contributed by atoms with Crippen LogP contribution in [0.15, 0.2) is 29.2 Å². The molecule has 1 aromatic carbocycles. The first-order valence-corrected chi connectivity index (χ1v) is 8.26. The Morgan fingerprint density at radius 3 is 2.50 bits per heavy atom. The molecule has 1 N–H and O–H groups in total. The van der Waals surface area contributed by atoms with Crippen molar-refractivity contribution in [3.8, 4) is 0 Å². The molecule has 24 heavy (non-hydrogen) atoms. The van der Waals surface area contributed by atoms with Crippen molar-refractivity contribution >= 4 is 40.6 Å². The van der Waals surface area contributed by atoms with Gasteiger partial charge in [0.2, 0.25) is 0 Å². The zero-order valence-corrected chi connectivity index (χ0v) is 13.6. The van der Waals surface area contributed by atoms with Gasteiger partial charge in [0.15, 0.2) is 0 Å². The van der Waals surface area contributed by atoms with Gasteiger partial charge in [-0.25, -0.2) is 0 Å². The standard InChI is InChI=1S/C16H16N2O5S/c19-14(20)10-18-15(21)13(24-16(18)22)9-11-1-3-12(4-2-11)17-5-7-23-8-6-17/h1-4,9H,5-8,10H2,(H,19,20)/b13-9+. The summed E-state index contributed by atoms with van der Waals surface area (Å²) in [7, 11) is 0. The van der Waals surface area contributed by atoms with Crippen molar-refractivity contribution in [2.24, 2.45) is 0 Å². The summed E-state index contributed by atoms with van der Waals surface area (Å²) >= 11 is 0.759. The zero-order chi connectivity index (χ0) is 17.1. The third-order valence-electron chi connectivity index (χ3n) is 3.73. The van der Waals surface area contributed by atoms with Crippen molar-refractivity contribution < 1.29 is 24.2 Å². The second-order valence-electron chi connectivity index (χ2n) is 5.35. The molecule has 126 valence electrons. The maximum Gasteiger partial charge on any atom is 0.323 e. The number of anilines is 1. The summed E-state index contributed by atoms with van der Waals surface area (Å²) in [6, 6.07) is 7.66. The molecule has 2 aliphatic heterocycles. The highest BCUT2D eigenvalue weighted by molar-refractivity contribution is 8.18.